The lowest BCUT2D eigenvalue weighted by Crippen LogP contribution is -1.91. The van der Waals surface area contributed by atoms with Crippen LogP contribution in [0.1, 0.15) is 0 Å². The molecule has 2 heteroatoms. The maximum atomic E-state index is 7.35. The third-order valence-electron chi connectivity index (χ3n) is 7.47. The summed E-state index contributed by atoms with van der Waals surface area (Å²) < 4.78 is 0. The number of rotatable bonds is 3. The fourth-order valence-corrected chi connectivity index (χ4v) is 5.70. The van der Waals surface area contributed by atoms with Crippen LogP contribution in [0.15, 0.2) is 126 Å². The van der Waals surface area contributed by atoms with Crippen molar-refractivity contribution in [2.75, 3.05) is 0 Å². The van der Waals surface area contributed by atoms with Crippen LogP contribution in [0.4, 0.5) is 11.4 Å². The highest BCUT2D eigenvalue weighted by Gasteiger charge is 2.17. The Bertz CT molecular complexity index is 2050. The molecule has 176 valence electrons. The molecule has 0 aliphatic carbocycles. The van der Waals surface area contributed by atoms with Crippen molar-refractivity contribution in [3.8, 4) is 22.3 Å². The van der Waals surface area contributed by atoms with Gasteiger partial charge >= 0.3 is 0 Å². The van der Waals surface area contributed by atoms with Gasteiger partial charge in [0.2, 0.25) is 0 Å². The lowest BCUT2D eigenvalue weighted by Gasteiger charge is -2.18. The van der Waals surface area contributed by atoms with Crippen LogP contribution in [0.3, 0.4) is 0 Å². The van der Waals surface area contributed by atoms with E-state index in [1.807, 2.05) is 24.3 Å². The molecule has 0 radical (unpaired) electrons. The second-order valence-electron chi connectivity index (χ2n) is 9.60. The summed E-state index contributed by atoms with van der Waals surface area (Å²) in [5, 5.41) is 9.46. The van der Waals surface area contributed by atoms with Gasteiger partial charge in [-0.25, -0.2) is 4.85 Å². The first-order valence-corrected chi connectivity index (χ1v) is 12.6. The maximum absolute atomic E-state index is 7.35. The number of hydrogen-bond donors (Lipinski definition) is 0. The van der Waals surface area contributed by atoms with E-state index in [9.17, 15) is 0 Å². The first-order chi connectivity index (χ1) is 18.7. The lowest BCUT2D eigenvalue weighted by atomic mass is 9.85. The first kappa shape index (κ1) is 22.0. The molecule has 0 saturated carbocycles. The van der Waals surface area contributed by atoms with Crippen LogP contribution in [0.2, 0.25) is 0 Å². The predicted molar refractivity (Wildman–Crippen MR) is 163 cm³/mol. The fourth-order valence-electron chi connectivity index (χ4n) is 5.70. The molecule has 0 aliphatic heterocycles. The molecule has 0 heterocycles. The average Bonchev–Trinajstić information content (AvgIpc) is 2.98. The minimum atomic E-state index is 0.665. The molecule has 2 nitrogen and oxygen atoms in total. The van der Waals surface area contributed by atoms with Crippen molar-refractivity contribution in [1.29, 1.82) is 0 Å². The molecule has 0 aliphatic rings. The summed E-state index contributed by atoms with van der Waals surface area (Å²) in [4.78, 5) is 7.68. The zero-order valence-electron chi connectivity index (χ0n) is 20.6. The smallest absolute Gasteiger partial charge is 0.187 e. The number of nitrogens with zero attached hydrogens (tertiary/aromatic N) is 2. The maximum Gasteiger partial charge on any atom is 0.187 e. The third-order valence-corrected chi connectivity index (χ3v) is 7.47. The number of hydrogen-bond acceptors (Lipinski definition) is 1. The summed E-state index contributed by atoms with van der Waals surface area (Å²) in [6.07, 6.45) is 0. The minimum absolute atomic E-state index is 0.665. The highest BCUT2D eigenvalue weighted by atomic mass is 14.7. The summed E-state index contributed by atoms with van der Waals surface area (Å²) in [6.45, 7) is 11.0. The molecule has 0 amide bonds. The van der Waals surface area contributed by atoms with Gasteiger partial charge in [-0.15, -0.1) is 0 Å². The number of fused-ring (bicyclic) bond motifs is 4. The number of aliphatic imine (C=N–C) groups is 1. The highest BCUT2D eigenvalue weighted by molar-refractivity contribution is 6.22. The number of benzene rings is 7. The molecule has 38 heavy (non-hydrogen) atoms. The van der Waals surface area contributed by atoms with Crippen molar-refractivity contribution < 1.29 is 0 Å². The predicted octanol–water partition coefficient (Wildman–Crippen LogP) is 10.5. The molecule has 0 N–H and O–H groups in total. The van der Waals surface area contributed by atoms with Gasteiger partial charge in [0, 0.05) is 0 Å². The summed E-state index contributed by atoms with van der Waals surface area (Å²) >= 11 is 0. The monoisotopic (exact) mass is 482 g/mol. The SMILES string of the molecule is [C-]#[N+]c1ccc2cc(-c3c4ccccc4c(-c4ccc5cc(N=C)ccc5c4)c4ccccc34)ccc2c1. The topological polar surface area (TPSA) is 16.7 Å². The van der Waals surface area contributed by atoms with Crippen LogP contribution >= 0.6 is 0 Å². The second kappa shape index (κ2) is 8.69. The molecule has 0 saturated heterocycles. The zero-order chi connectivity index (χ0) is 25.6. The van der Waals surface area contributed by atoms with E-state index in [1.165, 1.54) is 49.2 Å². The highest BCUT2D eigenvalue weighted by Crippen LogP contribution is 2.44. The van der Waals surface area contributed by atoms with Crippen LogP contribution in [-0.4, -0.2) is 6.72 Å². The van der Waals surface area contributed by atoms with Crippen LogP contribution in [0.25, 0.3) is 70.2 Å². The van der Waals surface area contributed by atoms with Gasteiger partial charge in [0.25, 0.3) is 0 Å². The molecule has 7 aromatic rings. The second-order valence-corrected chi connectivity index (χ2v) is 9.60. The largest absolute Gasteiger partial charge is 0.265 e. The summed E-state index contributed by atoms with van der Waals surface area (Å²) in [5.41, 5.74) is 6.40. The van der Waals surface area contributed by atoms with Gasteiger partial charge in [0.05, 0.1) is 12.3 Å². The summed E-state index contributed by atoms with van der Waals surface area (Å²) in [7, 11) is 0. The van der Waals surface area contributed by atoms with Crippen molar-refractivity contribution in [2.45, 2.75) is 0 Å². The Morgan fingerprint density at radius 1 is 0.500 bits per heavy atom. The van der Waals surface area contributed by atoms with Gasteiger partial charge in [0.1, 0.15) is 0 Å². The Morgan fingerprint density at radius 3 is 1.45 bits per heavy atom. The molecule has 0 unspecified atom stereocenters. The van der Waals surface area contributed by atoms with Gasteiger partial charge < -0.3 is 0 Å². The molecule has 0 spiro atoms. The van der Waals surface area contributed by atoms with Crippen LogP contribution in [-0.2, 0) is 0 Å². The molecular formula is C36H22N2. The van der Waals surface area contributed by atoms with E-state index < -0.39 is 0 Å². The quantitative estimate of drug-likeness (QED) is 0.135. The standard InChI is InChI=1S/C36H22N2/c1-37-29-17-15-23-19-27(13-11-25(23)21-29)35-31-7-3-5-9-33(31)36(34-10-6-4-8-32(34)35)28-14-12-26-22-30(38-2)18-16-24(26)20-28/h3-22H,1H2. The van der Waals surface area contributed by atoms with Crippen molar-refractivity contribution in [3.05, 3.63) is 133 Å². The molecule has 7 aromatic carbocycles. The van der Waals surface area contributed by atoms with Crippen molar-refractivity contribution in [1.82, 2.24) is 0 Å². The van der Waals surface area contributed by atoms with Crippen molar-refractivity contribution in [3.63, 3.8) is 0 Å². The normalized spacial score (nSPS) is 11.2. The molecule has 0 fully saturated rings. The Hall–Kier alpha value is -5.26. The van der Waals surface area contributed by atoms with E-state index in [0.29, 0.717) is 5.69 Å². The minimum Gasteiger partial charge on any atom is -0.265 e. The summed E-state index contributed by atoms with van der Waals surface area (Å²) in [5.74, 6) is 0. The zero-order valence-corrected chi connectivity index (χ0v) is 20.6. The van der Waals surface area contributed by atoms with E-state index in [4.69, 9.17) is 6.57 Å². The van der Waals surface area contributed by atoms with E-state index >= 15 is 0 Å². The van der Waals surface area contributed by atoms with Crippen molar-refractivity contribution in [2.24, 2.45) is 4.99 Å². The molecular weight excluding hydrogens is 460 g/mol. The summed E-state index contributed by atoms with van der Waals surface area (Å²) in [6, 6.07) is 42.8. The van der Waals surface area contributed by atoms with Gasteiger partial charge in [-0.05, 0) is 102 Å². The van der Waals surface area contributed by atoms with Crippen LogP contribution < -0.4 is 0 Å². The van der Waals surface area contributed by atoms with Gasteiger partial charge in [0.15, 0.2) is 5.69 Å². The molecule has 0 aromatic heterocycles. The Kier molecular flexibility index (Phi) is 5.03. The Balaban J connectivity index is 1.54. The van der Waals surface area contributed by atoms with E-state index in [-0.39, 0.29) is 0 Å². The fraction of sp³-hybridized carbons (Fsp3) is 0. The first-order valence-electron chi connectivity index (χ1n) is 12.6. The van der Waals surface area contributed by atoms with Gasteiger partial charge in [-0.2, -0.15) is 0 Å². The van der Waals surface area contributed by atoms with Gasteiger partial charge in [-0.3, -0.25) is 4.99 Å². The third kappa shape index (κ3) is 3.45. The van der Waals surface area contributed by atoms with Crippen LogP contribution in [0.5, 0.6) is 0 Å². The average molecular weight is 483 g/mol. The molecule has 0 atom stereocenters. The lowest BCUT2D eigenvalue weighted by molar-refractivity contribution is 1.58. The van der Waals surface area contributed by atoms with Crippen molar-refractivity contribution >= 4 is 61.2 Å². The van der Waals surface area contributed by atoms with Crippen LogP contribution in [0, 0.1) is 6.57 Å². The van der Waals surface area contributed by atoms with E-state index in [1.54, 1.807) is 0 Å². The Morgan fingerprint density at radius 2 is 0.947 bits per heavy atom. The van der Waals surface area contributed by atoms with E-state index in [0.717, 1.165) is 21.8 Å². The van der Waals surface area contributed by atoms with E-state index in [2.05, 4.69) is 114 Å². The molecule has 7 rings (SSSR count). The molecule has 0 bridgehead atoms. The Labute approximate surface area is 221 Å². The van der Waals surface area contributed by atoms with Gasteiger partial charge in [-0.1, -0.05) is 91.0 Å².